The van der Waals surface area contributed by atoms with Gasteiger partial charge in [0.15, 0.2) is 0 Å². The molecule has 0 bridgehead atoms. The molecular formula is C29H42N6O3. The van der Waals surface area contributed by atoms with Crippen molar-refractivity contribution < 1.29 is 14.4 Å². The first-order valence-corrected chi connectivity index (χ1v) is 13.7. The van der Waals surface area contributed by atoms with Gasteiger partial charge < -0.3 is 31.5 Å². The second-order valence-electron chi connectivity index (χ2n) is 9.72. The molecule has 1 aliphatic heterocycles. The number of likely N-dealkylation sites (N-methyl/N-ethyl adjacent to an activating group) is 1. The molecular weight excluding hydrogens is 480 g/mol. The molecule has 3 amide bonds. The molecule has 0 spiro atoms. The molecule has 1 fully saturated rings. The summed E-state index contributed by atoms with van der Waals surface area (Å²) >= 11 is 0. The molecule has 38 heavy (non-hydrogen) atoms. The molecule has 0 radical (unpaired) electrons. The van der Waals surface area contributed by atoms with Crippen LogP contribution in [0, 0.1) is 0 Å². The number of hydrogen-bond acceptors (Lipinski definition) is 6. The standard InChI is InChI=1S/C29H42N6O3/c1-3-14-34(4-2)17-12-31-27(36)23-19-24(28(37)32-13-18-35-15-6-5-7-16-35)21-26(20-23)33-29(38)22-8-10-25(30)11-9-22/h8-11,19-21H,3-7,12-18,30H2,1-2H3,(H,31,36)(H,32,37)(H,33,38). The van der Waals surface area contributed by atoms with Crippen LogP contribution in [0.2, 0.25) is 0 Å². The van der Waals surface area contributed by atoms with Gasteiger partial charge in [-0.25, -0.2) is 0 Å². The third-order valence-corrected chi connectivity index (χ3v) is 6.75. The molecule has 0 atom stereocenters. The predicted octanol–water partition coefficient (Wildman–Crippen LogP) is 3.20. The molecule has 0 unspecified atom stereocenters. The summed E-state index contributed by atoms with van der Waals surface area (Å²) in [5.41, 5.74) is 7.74. The number of benzene rings is 2. The minimum absolute atomic E-state index is 0.278. The summed E-state index contributed by atoms with van der Waals surface area (Å²) in [6.45, 7) is 10.8. The van der Waals surface area contributed by atoms with Gasteiger partial charge in [-0.15, -0.1) is 0 Å². The Bertz CT molecular complexity index is 1030. The van der Waals surface area contributed by atoms with E-state index in [1.165, 1.54) is 19.3 Å². The SMILES string of the molecule is CCCN(CC)CCNC(=O)c1cc(NC(=O)c2ccc(N)cc2)cc(C(=O)NCCN2CCCCC2)c1. The van der Waals surface area contributed by atoms with Crippen molar-refractivity contribution in [3.63, 3.8) is 0 Å². The lowest BCUT2D eigenvalue weighted by Crippen LogP contribution is -2.37. The minimum atomic E-state index is -0.350. The number of nitrogens with zero attached hydrogens (tertiary/aromatic N) is 2. The zero-order valence-electron chi connectivity index (χ0n) is 22.7. The Hall–Kier alpha value is -3.43. The predicted molar refractivity (Wildman–Crippen MR) is 153 cm³/mol. The average molecular weight is 523 g/mol. The number of nitrogens with one attached hydrogen (secondary N) is 3. The summed E-state index contributed by atoms with van der Waals surface area (Å²) in [5.74, 6) is -0.916. The summed E-state index contributed by atoms with van der Waals surface area (Å²) < 4.78 is 0. The number of carbonyl (C=O) groups excluding carboxylic acids is 3. The van der Waals surface area contributed by atoms with Gasteiger partial charge in [-0.2, -0.15) is 0 Å². The molecule has 2 aromatic rings. The molecule has 0 aliphatic carbocycles. The topological polar surface area (TPSA) is 120 Å². The number of piperidine rings is 1. The van der Waals surface area contributed by atoms with E-state index in [1.54, 1.807) is 42.5 Å². The lowest BCUT2D eigenvalue weighted by molar-refractivity contribution is 0.0945. The Morgan fingerprint density at radius 2 is 1.45 bits per heavy atom. The minimum Gasteiger partial charge on any atom is -0.399 e. The number of nitrogen functional groups attached to an aromatic ring is 1. The smallest absolute Gasteiger partial charge is 0.255 e. The van der Waals surface area contributed by atoms with Gasteiger partial charge in [0, 0.05) is 54.2 Å². The van der Waals surface area contributed by atoms with Crippen LogP contribution in [-0.2, 0) is 0 Å². The molecule has 0 aromatic heterocycles. The third kappa shape index (κ3) is 9.15. The number of amides is 3. The zero-order chi connectivity index (χ0) is 27.3. The first kappa shape index (κ1) is 29.1. The first-order valence-electron chi connectivity index (χ1n) is 13.7. The van der Waals surface area contributed by atoms with Crippen LogP contribution in [0.15, 0.2) is 42.5 Å². The highest BCUT2D eigenvalue weighted by molar-refractivity contribution is 6.07. The molecule has 1 saturated heterocycles. The highest BCUT2D eigenvalue weighted by Gasteiger charge is 2.16. The van der Waals surface area contributed by atoms with Gasteiger partial charge in [-0.3, -0.25) is 14.4 Å². The summed E-state index contributed by atoms with van der Waals surface area (Å²) in [5, 5.41) is 8.73. The van der Waals surface area contributed by atoms with E-state index in [0.717, 1.165) is 45.7 Å². The van der Waals surface area contributed by atoms with E-state index in [1.807, 2.05) is 0 Å². The molecule has 5 N–H and O–H groups in total. The highest BCUT2D eigenvalue weighted by atomic mass is 16.2. The van der Waals surface area contributed by atoms with Crippen LogP contribution >= 0.6 is 0 Å². The average Bonchev–Trinajstić information content (AvgIpc) is 2.93. The van der Waals surface area contributed by atoms with Gasteiger partial charge in [-0.1, -0.05) is 20.3 Å². The fourth-order valence-electron chi connectivity index (χ4n) is 4.59. The molecule has 0 saturated carbocycles. The Morgan fingerprint density at radius 3 is 2.05 bits per heavy atom. The van der Waals surface area contributed by atoms with Gasteiger partial charge in [0.1, 0.15) is 0 Å². The van der Waals surface area contributed by atoms with Crippen LogP contribution in [-0.4, -0.2) is 79.9 Å². The highest BCUT2D eigenvalue weighted by Crippen LogP contribution is 2.18. The quantitative estimate of drug-likeness (QED) is 0.300. The maximum atomic E-state index is 13.0. The Morgan fingerprint density at radius 1 is 0.816 bits per heavy atom. The lowest BCUT2D eigenvalue weighted by atomic mass is 10.1. The second kappa shape index (κ2) is 15.1. The number of likely N-dealkylation sites (tertiary alicyclic amines) is 1. The zero-order valence-corrected chi connectivity index (χ0v) is 22.7. The van der Waals surface area contributed by atoms with Gasteiger partial charge in [0.05, 0.1) is 0 Å². The van der Waals surface area contributed by atoms with Crippen molar-refractivity contribution in [3.8, 4) is 0 Å². The molecule has 1 heterocycles. The Balaban J connectivity index is 1.71. The van der Waals surface area contributed by atoms with Gasteiger partial charge in [0.2, 0.25) is 0 Å². The molecule has 9 nitrogen and oxygen atoms in total. The van der Waals surface area contributed by atoms with Crippen molar-refractivity contribution in [2.45, 2.75) is 39.5 Å². The van der Waals surface area contributed by atoms with E-state index in [0.29, 0.717) is 41.2 Å². The van der Waals surface area contributed by atoms with Gasteiger partial charge in [-0.05, 0) is 87.9 Å². The van der Waals surface area contributed by atoms with Gasteiger partial charge in [0.25, 0.3) is 17.7 Å². The first-order chi connectivity index (χ1) is 18.4. The van der Waals surface area contributed by atoms with Crippen LogP contribution < -0.4 is 21.7 Å². The fraction of sp³-hybridized carbons (Fsp3) is 0.483. The van der Waals surface area contributed by atoms with Crippen molar-refractivity contribution >= 4 is 29.1 Å². The monoisotopic (exact) mass is 522 g/mol. The lowest BCUT2D eigenvalue weighted by Gasteiger charge is -2.26. The number of carbonyl (C=O) groups is 3. The van der Waals surface area contributed by atoms with E-state index >= 15 is 0 Å². The van der Waals surface area contributed by atoms with Crippen molar-refractivity contribution in [2.75, 3.05) is 63.4 Å². The van der Waals surface area contributed by atoms with E-state index in [9.17, 15) is 14.4 Å². The molecule has 1 aliphatic rings. The summed E-state index contributed by atoms with van der Waals surface area (Å²) in [7, 11) is 0. The van der Waals surface area contributed by atoms with Crippen LogP contribution in [0.4, 0.5) is 11.4 Å². The molecule has 206 valence electrons. The summed E-state index contributed by atoms with van der Waals surface area (Å²) in [6.07, 6.45) is 4.69. The molecule has 9 heteroatoms. The third-order valence-electron chi connectivity index (χ3n) is 6.75. The largest absolute Gasteiger partial charge is 0.399 e. The normalized spacial score (nSPS) is 13.8. The van der Waals surface area contributed by atoms with Crippen molar-refractivity contribution in [3.05, 3.63) is 59.2 Å². The Labute approximate surface area is 226 Å². The summed E-state index contributed by atoms with van der Waals surface area (Å²) in [6, 6.07) is 11.3. The number of nitrogens with two attached hydrogens (primary N) is 1. The number of anilines is 2. The second-order valence-corrected chi connectivity index (χ2v) is 9.72. The maximum Gasteiger partial charge on any atom is 0.255 e. The molecule has 3 rings (SSSR count). The van der Waals surface area contributed by atoms with Crippen LogP contribution in [0.25, 0.3) is 0 Å². The maximum absolute atomic E-state index is 13.0. The van der Waals surface area contributed by atoms with Crippen molar-refractivity contribution in [1.82, 2.24) is 20.4 Å². The van der Waals surface area contributed by atoms with Crippen LogP contribution in [0.1, 0.15) is 70.6 Å². The fourth-order valence-corrected chi connectivity index (χ4v) is 4.59. The van der Waals surface area contributed by atoms with Crippen LogP contribution in [0.5, 0.6) is 0 Å². The van der Waals surface area contributed by atoms with E-state index in [4.69, 9.17) is 5.73 Å². The number of hydrogen-bond donors (Lipinski definition) is 4. The van der Waals surface area contributed by atoms with E-state index < -0.39 is 0 Å². The Kier molecular flexibility index (Phi) is 11.6. The van der Waals surface area contributed by atoms with Gasteiger partial charge >= 0.3 is 0 Å². The van der Waals surface area contributed by atoms with Crippen molar-refractivity contribution in [1.29, 1.82) is 0 Å². The van der Waals surface area contributed by atoms with Crippen molar-refractivity contribution in [2.24, 2.45) is 0 Å². The van der Waals surface area contributed by atoms with E-state index in [2.05, 4.69) is 39.6 Å². The van der Waals surface area contributed by atoms with Crippen LogP contribution in [0.3, 0.4) is 0 Å². The molecule has 2 aromatic carbocycles. The number of rotatable bonds is 13. The summed E-state index contributed by atoms with van der Waals surface area (Å²) in [4.78, 5) is 43.5. The van der Waals surface area contributed by atoms with E-state index in [-0.39, 0.29) is 17.7 Å².